The van der Waals surface area contributed by atoms with Gasteiger partial charge in [0.2, 0.25) is 0 Å². The topological polar surface area (TPSA) is 98.3 Å². The highest BCUT2D eigenvalue weighted by Gasteiger charge is 2.21. The molecule has 0 spiro atoms. The Balaban J connectivity index is 0.00000200. The lowest BCUT2D eigenvalue weighted by Gasteiger charge is -2.26. The average molecular weight is 300 g/mol. The number of rotatable bonds is 3. The Bertz CT molecular complexity index is 488. The number of hydrogen-bond donors (Lipinski definition) is 2. The van der Waals surface area contributed by atoms with Crippen molar-refractivity contribution in [1.82, 2.24) is 5.32 Å². The van der Waals surface area contributed by atoms with Gasteiger partial charge in [0.25, 0.3) is 11.6 Å². The summed E-state index contributed by atoms with van der Waals surface area (Å²) < 4.78 is 0. The van der Waals surface area contributed by atoms with Crippen LogP contribution in [-0.4, -0.2) is 22.9 Å². The lowest BCUT2D eigenvalue weighted by atomic mass is 9.91. The lowest BCUT2D eigenvalue weighted by molar-refractivity contribution is -0.384. The quantitative estimate of drug-likeness (QED) is 0.659. The molecule has 0 bridgehead atoms. The van der Waals surface area contributed by atoms with E-state index in [0.29, 0.717) is 5.56 Å². The van der Waals surface area contributed by atoms with Gasteiger partial charge >= 0.3 is 0 Å². The average Bonchev–Trinajstić information content (AvgIpc) is 2.41. The van der Waals surface area contributed by atoms with Crippen LogP contribution in [-0.2, 0) is 0 Å². The number of amides is 1. The third kappa shape index (κ3) is 4.18. The minimum absolute atomic E-state index is 0. The first-order valence-electron chi connectivity index (χ1n) is 6.37. The second kappa shape index (κ2) is 7.21. The summed E-state index contributed by atoms with van der Waals surface area (Å²) in [5.41, 5.74) is 6.06. The summed E-state index contributed by atoms with van der Waals surface area (Å²) in [4.78, 5) is 22.2. The summed E-state index contributed by atoms with van der Waals surface area (Å²) in [6, 6.07) is 6.11. The van der Waals surface area contributed by atoms with E-state index in [1.807, 2.05) is 0 Å². The number of nitrogens with zero attached hydrogens (tertiary/aromatic N) is 1. The molecule has 1 saturated carbocycles. The summed E-state index contributed by atoms with van der Waals surface area (Å²) >= 11 is 0. The van der Waals surface area contributed by atoms with E-state index in [2.05, 4.69) is 5.32 Å². The number of nitrogens with one attached hydrogen (secondary N) is 1. The first-order valence-corrected chi connectivity index (χ1v) is 6.37. The summed E-state index contributed by atoms with van der Waals surface area (Å²) in [6.45, 7) is 0. The van der Waals surface area contributed by atoms with Gasteiger partial charge in [-0.2, -0.15) is 0 Å². The zero-order valence-electron chi connectivity index (χ0n) is 11.0. The fourth-order valence-electron chi connectivity index (χ4n) is 2.29. The summed E-state index contributed by atoms with van der Waals surface area (Å²) in [7, 11) is 0. The van der Waals surface area contributed by atoms with Gasteiger partial charge in [-0.3, -0.25) is 14.9 Å². The molecule has 1 amide bonds. The van der Waals surface area contributed by atoms with Crippen LogP contribution in [0.4, 0.5) is 5.69 Å². The maximum atomic E-state index is 12.0. The van der Waals surface area contributed by atoms with Gasteiger partial charge < -0.3 is 11.1 Å². The second-order valence-electron chi connectivity index (χ2n) is 4.89. The maximum absolute atomic E-state index is 12.0. The SMILES string of the molecule is Cl.NC1CCC(NC(=O)c2cccc([N+](=O)[O-])c2)CC1. The number of halogens is 1. The van der Waals surface area contributed by atoms with Gasteiger partial charge in [-0.05, 0) is 31.7 Å². The molecular weight excluding hydrogens is 282 g/mol. The van der Waals surface area contributed by atoms with Gasteiger partial charge in [0.1, 0.15) is 0 Å². The van der Waals surface area contributed by atoms with Crippen LogP contribution in [0.25, 0.3) is 0 Å². The molecule has 0 heterocycles. The van der Waals surface area contributed by atoms with Crippen LogP contribution in [0.2, 0.25) is 0 Å². The van der Waals surface area contributed by atoms with Gasteiger partial charge in [-0.15, -0.1) is 12.4 Å². The van der Waals surface area contributed by atoms with Gasteiger partial charge in [0.15, 0.2) is 0 Å². The molecule has 1 aromatic carbocycles. The third-order valence-corrected chi connectivity index (χ3v) is 3.43. The minimum atomic E-state index is -0.504. The maximum Gasteiger partial charge on any atom is 0.270 e. The molecule has 110 valence electrons. The molecule has 0 aliphatic heterocycles. The molecule has 3 N–H and O–H groups in total. The van der Waals surface area contributed by atoms with Crippen molar-refractivity contribution in [3.63, 3.8) is 0 Å². The summed E-state index contributed by atoms with van der Waals surface area (Å²) in [5, 5.41) is 13.6. The number of nitro benzene ring substituents is 1. The fraction of sp³-hybridized carbons (Fsp3) is 0.462. The predicted octanol–water partition coefficient (Wildman–Crippen LogP) is 2.02. The normalized spacial score (nSPS) is 21.6. The van der Waals surface area contributed by atoms with Crippen LogP contribution in [0.5, 0.6) is 0 Å². The van der Waals surface area contributed by atoms with Crippen LogP contribution < -0.4 is 11.1 Å². The molecule has 2 rings (SSSR count). The van der Waals surface area contributed by atoms with E-state index in [1.165, 1.54) is 18.2 Å². The molecule has 0 aromatic heterocycles. The second-order valence-corrected chi connectivity index (χ2v) is 4.89. The number of carbonyl (C=O) groups excluding carboxylic acids is 1. The Morgan fingerprint density at radius 3 is 2.55 bits per heavy atom. The lowest BCUT2D eigenvalue weighted by Crippen LogP contribution is -2.40. The predicted molar refractivity (Wildman–Crippen MR) is 78.0 cm³/mol. The molecule has 1 aliphatic rings. The Kier molecular flexibility index (Phi) is 5.91. The van der Waals surface area contributed by atoms with E-state index in [-0.39, 0.29) is 36.1 Å². The van der Waals surface area contributed by atoms with Crippen molar-refractivity contribution in [2.75, 3.05) is 0 Å². The molecule has 0 radical (unpaired) electrons. The zero-order valence-corrected chi connectivity index (χ0v) is 11.8. The van der Waals surface area contributed by atoms with Crippen molar-refractivity contribution in [1.29, 1.82) is 0 Å². The van der Waals surface area contributed by atoms with E-state index in [1.54, 1.807) is 6.07 Å². The van der Waals surface area contributed by atoms with E-state index in [9.17, 15) is 14.9 Å². The highest BCUT2D eigenvalue weighted by Crippen LogP contribution is 2.18. The van der Waals surface area contributed by atoms with Crippen LogP contribution in [0.15, 0.2) is 24.3 Å². The number of benzene rings is 1. The number of non-ortho nitro benzene ring substituents is 1. The van der Waals surface area contributed by atoms with E-state index < -0.39 is 4.92 Å². The van der Waals surface area contributed by atoms with Crippen molar-refractivity contribution >= 4 is 24.0 Å². The van der Waals surface area contributed by atoms with E-state index in [4.69, 9.17) is 5.73 Å². The van der Waals surface area contributed by atoms with Crippen molar-refractivity contribution in [3.8, 4) is 0 Å². The summed E-state index contributed by atoms with van der Waals surface area (Å²) in [6.07, 6.45) is 3.53. The van der Waals surface area contributed by atoms with Crippen molar-refractivity contribution in [2.24, 2.45) is 5.73 Å². The Morgan fingerprint density at radius 1 is 1.30 bits per heavy atom. The molecule has 7 heteroatoms. The first-order chi connectivity index (χ1) is 9.06. The number of hydrogen-bond acceptors (Lipinski definition) is 4. The van der Waals surface area contributed by atoms with Gasteiger partial charge in [-0.25, -0.2) is 0 Å². The van der Waals surface area contributed by atoms with E-state index >= 15 is 0 Å². The molecule has 0 atom stereocenters. The highest BCUT2D eigenvalue weighted by atomic mass is 35.5. The van der Waals surface area contributed by atoms with Crippen LogP contribution in [0.3, 0.4) is 0 Å². The fourth-order valence-corrected chi connectivity index (χ4v) is 2.29. The Hall–Kier alpha value is -1.66. The van der Waals surface area contributed by atoms with Gasteiger partial charge in [0.05, 0.1) is 4.92 Å². The van der Waals surface area contributed by atoms with Crippen molar-refractivity contribution in [2.45, 2.75) is 37.8 Å². The van der Waals surface area contributed by atoms with Crippen molar-refractivity contribution < 1.29 is 9.72 Å². The smallest absolute Gasteiger partial charge is 0.270 e. The molecule has 6 nitrogen and oxygen atoms in total. The molecule has 1 fully saturated rings. The monoisotopic (exact) mass is 299 g/mol. The highest BCUT2D eigenvalue weighted by molar-refractivity contribution is 5.95. The summed E-state index contributed by atoms with van der Waals surface area (Å²) in [5.74, 6) is -0.260. The van der Waals surface area contributed by atoms with Crippen molar-refractivity contribution in [3.05, 3.63) is 39.9 Å². The molecule has 1 aromatic rings. The van der Waals surface area contributed by atoms with E-state index in [0.717, 1.165) is 25.7 Å². The largest absolute Gasteiger partial charge is 0.349 e. The molecule has 0 unspecified atom stereocenters. The molecule has 1 aliphatic carbocycles. The Labute approximate surface area is 123 Å². The standard InChI is InChI=1S/C13H17N3O3.ClH/c14-10-4-6-11(7-5-10)15-13(17)9-2-1-3-12(8-9)16(18)19;/h1-3,8,10-11H,4-7,14H2,(H,15,17);1H. The van der Waals surface area contributed by atoms with Crippen LogP contribution in [0, 0.1) is 10.1 Å². The Morgan fingerprint density at radius 2 is 1.95 bits per heavy atom. The molecule has 20 heavy (non-hydrogen) atoms. The minimum Gasteiger partial charge on any atom is -0.349 e. The van der Waals surface area contributed by atoms with Crippen LogP contribution >= 0.6 is 12.4 Å². The number of nitro groups is 1. The molecule has 0 saturated heterocycles. The van der Waals surface area contributed by atoms with Gasteiger partial charge in [-0.1, -0.05) is 6.07 Å². The van der Waals surface area contributed by atoms with Gasteiger partial charge in [0, 0.05) is 29.8 Å². The first kappa shape index (κ1) is 16.4. The third-order valence-electron chi connectivity index (χ3n) is 3.43. The number of nitrogens with two attached hydrogens (primary N) is 1. The van der Waals surface area contributed by atoms with Crippen LogP contribution in [0.1, 0.15) is 36.0 Å². The number of carbonyl (C=O) groups is 1. The zero-order chi connectivity index (χ0) is 13.8. The molecular formula is C13H18ClN3O3.